The average molecular weight is 589 g/mol. The Hall–Kier alpha value is -4.32. The van der Waals surface area contributed by atoms with Crippen molar-refractivity contribution < 1.29 is 22.8 Å². The summed E-state index contributed by atoms with van der Waals surface area (Å²) in [6.45, 7) is 1.93. The van der Waals surface area contributed by atoms with E-state index in [0.29, 0.717) is 30.3 Å². The standard InChI is InChI=1S/C28H28ClF3N6O3/c1-16-5-4-8-23(27(41)35-13-17-6-2-3-7-20(17)37-26(16)40)38-15-36-22(12-25(38)39)19-11-18(29)9-10-21(19)34-14-24(33)28(30,31)32/h2-3,6-7,9-12,14-16,23,34H,4-5,8,13,33H2,1H3,(H,35,41)(H,37,40)/b24-14-. The highest BCUT2D eigenvalue weighted by Gasteiger charge is 2.31. The van der Waals surface area contributed by atoms with E-state index in [1.54, 1.807) is 31.2 Å². The van der Waals surface area contributed by atoms with Crippen molar-refractivity contribution in [2.45, 2.75) is 44.9 Å². The topological polar surface area (TPSA) is 131 Å². The van der Waals surface area contributed by atoms with Gasteiger partial charge >= 0.3 is 6.18 Å². The van der Waals surface area contributed by atoms with E-state index in [0.717, 1.165) is 0 Å². The van der Waals surface area contributed by atoms with Crippen LogP contribution in [0.2, 0.25) is 5.02 Å². The van der Waals surface area contributed by atoms with E-state index >= 15 is 0 Å². The molecule has 5 N–H and O–H groups in total. The van der Waals surface area contributed by atoms with Crippen LogP contribution in [0, 0.1) is 5.92 Å². The van der Waals surface area contributed by atoms with E-state index in [1.165, 1.54) is 35.2 Å². The molecule has 1 aliphatic rings. The lowest BCUT2D eigenvalue weighted by molar-refractivity contribution is -0.124. The molecule has 2 heterocycles. The van der Waals surface area contributed by atoms with Gasteiger partial charge < -0.3 is 21.7 Å². The van der Waals surface area contributed by atoms with Gasteiger partial charge in [0.25, 0.3) is 5.56 Å². The number of hydrogen-bond donors (Lipinski definition) is 4. The third-order valence-electron chi connectivity index (χ3n) is 6.73. The summed E-state index contributed by atoms with van der Waals surface area (Å²) in [6, 6.07) is 11.7. The smallest absolute Gasteiger partial charge is 0.394 e. The molecule has 0 fully saturated rings. The van der Waals surface area contributed by atoms with Gasteiger partial charge in [-0.15, -0.1) is 0 Å². The monoisotopic (exact) mass is 588 g/mol. The van der Waals surface area contributed by atoms with Crippen LogP contribution in [0.3, 0.4) is 0 Å². The maximum atomic E-state index is 13.3. The van der Waals surface area contributed by atoms with Crippen LogP contribution in [-0.2, 0) is 16.1 Å². The van der Waals surface area contributed by atoms with Crippen molar-refractivity contribution in [2.75, 3.05) is 10.6 Å². The molecule has 1 aliphatic heterocycles. The number of fused-ring (bicyclic) bond motifs is 1. The SMILES string of the molecule is CC1CCCC(n2cnc(-c3cc(Cl)ccc3N/C=C(\N)C(F)(F)F)cc2=O)C(=O)NCc2ccccc2NC1=O. The van der Waals surface area contributed by atoms with E-state index in [9.17, 15) is 27.6 Å². The Labute approximate surface area is 238 Å². The number of halogens is 4. The Kier molecular flexibility index (Phi) is 9.01. The van der Waals surface area contributed by atoms with Crippen molar-refractivity contribution in [2.24, 2.45) is 11.7 Å². The molecule has 0 aliphatic carbocycles. The number of aromatic nitrogens is 2. The lowest BCUT2D eigenvalue weighted by Gasteiger charge is -2.22. The number of nitrogens with two attached hydrogens (primary N) is 1. The van der Waals surface area contributed by atoms with Crippen LogP contribution in [0.4, 0.5) is 24.5 Å². The molecular formula is C28H28ClF3N6O3. The highest BCUT2D eigenvalue weighted by atomic mass is 35.5. The molecule has 9 nitrogen and oxygen atoms in total. The van der Waals surface area contributed by atoms with Crippen LogP contribution in [-0.4, -0.2) is 27.5 Å². The average Bonchev–Trinajstić information content (AvgIpc) is 2.93. The van der Waals surface area contributed by atoms with Crippen molar-refractivity contribution >= 4 is 34.8 Å². The number of alkyl halides is 3. The Morgan fingerprint density at radius 3 is 2.61 bits per heavy atom. The minimum absolute atomic E-state index is 0.128. The number of para-hydroxylation sites is 1. The van der Waals surface area contributed by atoms with Gasteiger partial charge in [0.1, 0.15) is 11.7 Å². The third-order valence-corrected chi connectivity index (χ3v) is 6.97. The summed E-state index contributed by atoms with van der Waals surface area (Å²) in [6.07, 6.45) is -1.65. The number of rotatable bonds is 4. The molecule has 0 saturated heterocycles. The first-order valence-corrected chi connectivity index (χ1v) is 13.2. The van der Waals surface area contributed by atoms with E-state index in [2.05, 4.69) is 20.9 Å². The third kappa shape index (κ3) is 7.26. The molecule has 0 spiro atoms. The molecule has 2 atom stereocenters. The highest BCUT2D eigenvalue weighted by Crippen LogP contribution is 2.30. The summed E-state index contributed by atoms with van der Waals surface area (Å²) in [4.78, 5) is 43.6. The number of nitrogens with one attached hydrogen (secondary N) is 3. The number of carbonyl (C=O) groups is 2. The number of nitrogens with zero attached hydrogens (tertiary/aromatic N) is 2. The zero-order valence-electron chi connectivity index (χ0n) is 22.0. The van der Waals surface area contributed by atoms with Gasteiger partial charge in [-0.1, -0.05) is 43.1 Å². The van der Waals surface area contributed by atoms with Gasteiger partial charge in [-0.2, -0.15) is 13.2 Å². The molecule has 3 aromatic rings. The number of amides is 2. The van der Waals surface area contributed by atoms with Crippen molar-refractivity contribution in [1.29, 1.82) is 0 Å². The van der Waals surface area contributed by atoms with Crippen molar-refractivity contribution in [1.82, 2.24) is 14.9 Å². The lowest BCUT2D eigenvalue weighted by atomic mass is 9.99. The summed E-state index contributed by atoms with van der Waals surface area (Å²) in [5.74, 6) is -0.853. The van der Waals surface area contributed by atoms with Crippen LogP contribution in [0.15, 0.2) is 71.5 Å². The van der Waals surface area contributed by atoms with Crippen LogP contribution in [0.1, 0.15) is 37.8 Å². The first kappa shape index (κ1) is 29.7. The largest absolute Gasteiger partial charge is 0.432 e. The van der Waals surface area contributed by atoms with Crippen LogP contribution in [0.25, 0.3) is 11.3 Å². The number of hydrogen-bond acceptors (Lipinski definition) is 6. The molecule has 2 aromatic carbocycles. The second kappa shape index (κ2) is 12.5. The molecular weight excluding hydrogens is 561 g/mol. The molecule has 0 saturated carbocycles. The summed E-state index contributed by atoms with van der Waals surface area (Å²) >= 11 is 6.12. The minimum atomic E-state index is -4.73. The van der Waals surface area contributed by atoms with Gasteiger partial charge in [-0.05, 0) is 42.7 Å². The fraction of sp³-hybridized carbons (Fsp3) is 0.286. The maximum absolute atomic E-state index is 13.3. The molecule has 2 amide bonds. The summed E-state index contributed by atoms with van der Waals surface area (Å²) in [5.41, 5.74) is 5.06. The molecule has 4 rings (SSSR count). The molecule has 2 unspecified atom stereocenters. The second-order valence-corrected chi connectivity index (χ2v) is 10.1. The van der Waals surface area contributed by atoms with Gasteiger partial charge in [0, 0.05) is 46.7 Å². The predicted molar refractivity (Wildman–Crippen MR) is 150 cm³/mol. The fourth-order valence-corrected chi connectivity index (χ4v) is 4.55. The lowest BCUT2D eigenvalue weighted by Crippen LogP contribution is -2.37. The van der Waals surface area contributed by atoms with E-state index < -0.39 is 29.4 Å². The summed E-state index contributed by atoms with van der Waals surface area (Å²) < 4.78 is 39.7. The second-order valence-electron chi connectivity index (χ2n) is 9.66. The molecule has 1 aromatic heterocycles. The summed E-state index contributed by atoms with van der Waals surface area (Å²) in [7, 11) is 0. The fourth-order valence-electron chi connectivity index (χ4n) is 4.38. The van der Waals surface area contributed by atoms with Crippen LogP contribution < -0.4 is 27.2 Å². The Balaban J connectivity index is 1.65. The molecule has 13 heteroatoms. The van der Waals surface area contributed by atoms with Crippen molar-refractivity contribution in [3.63, 3.8) is 0 Å². The highest BCUT2D eigenvalue weighted by molar-refractivity contribution is 6.31. The Morgan fingerprint density at radius 1 is 1.12 bits per heavy atom. The van der Waals surface area contributed by atoms with Crippen molar-refractivity contribution in [3.8, 4) is 11.3 Å². The zero-order valence-corrected chi connectivity index (χ0v) is 22.7. The zero-order chi connectivity index (χ0) is 29.7. The van der Waals surface area contributed by atoms with Gasteiger partial charge in [-0.3, -0.25) is 19.0 Å². The van der Waals surface area contributed by atoms with E-state index in [1.807, 2.05) is 0 Å². The van der Waals surface area contributed by atoms with Crippen LogP contribution >= 0.6 is 11.6 Å². The normalized spacial score (nSPS) is 18.8. The van der Waals surface area contributed by atoms with Crippen molar-refractivity contribution in [3.05, 3.63) is 87.7 Å². The van der Waals surface area contributed by atoms with E-state index in [-0.39, 0.29) is 46.8 Å². The molecule has 41 heavy (non-hydrogen) atoms. The van der Waals surface area contributed by atoms with Gasteiger partial charge in [-0.25, -0.2) is 4.98 Å². The van der Waals surface area contributed by atoms with Crippen LogP contribution in [0.5, 0.6) is 0 Å². The quantitative estimate of drug-likeness (QED) is 0.341. The number of benzene rings is 2. The summed E-state index contributed by atoms with van der Waals surface area (Å²) in [5, 5.41) is 8.52. The number of allylic oxidation sites excluding steroid dienone is 1. The molecule has 0 bridgehead atoms. The van der Waals surface area contributed by atoms with E-state index in [4.69, 9.17) is 17.3 Å². The maximum Gasteiger partial charge on any atom is 0.432 e. The minimum Gasteiger partial charge on any atom is -0.394 e. The molecule has 0 radical (unpaired) electrons. The predicted octanol–water partition coefficient (Wildman–Crippen LogP) is 4.95. The Morgan fingerprint density at radius 2 is 1.88 bits per heavy atom. The Bertz CT molecular complexity index is 1540. The number of carbonyl (C=O) groups excluding carboxylic acids is 2. The molecule has 216 valence electrons. The van der Waals surface area contributed by atoms with Gasteiger partial charge in [0.2, 0.25) is 11.8 Å². The first-order chi connectivity index (χ1) is 19.4. The van der Waals surface area contributed by atoms with Gasteiger partial charge in [0.15, 0.2) is 0 Å². The first-order valence-electron chi connectivity index (χ1n) is 12.8. The van der Waals surface area contributed by atoms with Gasteiger partial charge in [0.05, 0.1) is 12.0 Å². The number of anilines is 2.